The Morgan fingerprint density at radius 1 is 1.37 bits per heavy atom. The first-order valence-electron chi connectivity index (χ1n) is 6.12. The Morgan fingerprint density at radius 3 is 3.05 bits per heavy atom. The Kier molecular flexibility index (Phi) is 3.27. The van der Waals surface area contributed by atoms with Crippen molar-refractivity contribution in [2.24, 2.45) is 0 Å². The van der Waals surface area contributed by atoms with Crippen LogP contribution in [0.5, 0.6) is 0 Å². The van der Waals surface area contributed by atoms with Crippen LogP contribution in [0.2, 0.25) is 0 Å². The Hall–Kier alpha value is -1.79. The fourth-order valence-corrected chi connectivity index (χ4v) is 2.21. The lowest BCUT2D eigenvalue weighted by molar-refractivity contribution is 0.185. The second-order valence-corrected chi connectivity index (χ2v) is 4.51. The second kappa shape index (κ2) is 5.07. The smallest absolute Gasteiger partial charge is 0.234 e. The summed E-state index contributed by atoms with van der Waals surface area (Å²) in [6.07, 6.45) is 0. The van der Waals surface area contributed by atoms with Gasteiger partial charge < -0.3 is 14.6 Å². The molecule has 2 atom stereocenters. The van der Waals surface area contributed by atoms with Crippen molar-refractivity contribution in [2.75, 3.05) is 20.3 Å². The van der Waals surface area contributed by atoms with Crippen molar-refractivity contribution in [2.45, 2.75) is 12.0 Å². The van der Waals surface area contributed by atoms with E-state index in [0.29, 0.717) is 30.5 Å². The van der Waals surface area contributed by atoms with Crippen LogP contribution in [-0.4, -0.2) is 36.4 Å². The van der Waals surface area contributed by atoms with E-state index in [2.05, 4.69) is 15.5 Å². The molecule has 1 fully saturated rings. The molecule has 3 rings (SSSR count). The second-order valence-electron chi connectivity index (χ2n) is 4.51. The predicted octanol–water partition coefficient (Wildman–Crippen LogP) is 1.58. The zero-order chi connectivity index (χ0) is 13.2. The van der Waals surface area contributed by atoms with Gasteiger partial charge in [-0.2, -0.15) is 4.98 Å². The summed E-state index contributed by atoms with van der Waals surface area (Å²) in [6, 6.07) is 6.30. The number of nitrogens with one attached hydrogen (secondary N) is 1. The number of ether oxygens (including phenoxy) is 1. The number of benzene rings is 1. The first kappa shape index (κ1) is 12.3. The summed E-state index contributed by atoms with van der Waals surface area (Å²) >= 11 is 0. The van der Waals surface area contributed by atoms with Crippen LogP contribution in [0.25, 0.3) is 11.4 Å². The minimum absolute atomic E-state index is 0.0415. The summed E-state index contributed by atoms with van der Waals surface area (Å²) in [7, 11) is 1.87. The molecule has 0 saturated carbocycles. The number of hydrogen-bond donors (Lipinski definition) is 1. The van der Waals surface area contributed by atoms with Gasteiger partial charge in [-0.25, -0.2) is 4.39 Å². The SMILES string of the molecule is CNC1COCC1c1nc(-c2cccc(F)c2)no1. The molecule has 0 radical (unpaired) electrons. The van der Waals surface area contributed by atoms with Gasteiger partial charge in [0, 0.05) is 11.6 Å². The average molecular weight is 263 g/mol. The van der Waals surface area contributed by atoms with Crippen molar-refractivity contribution in [3.05, 3.63) is 36.0 Å². The largest absolute Gasteiger partial charge is 0.379 e. The minimum atomic E-state index is -0.318. The lowest BCUT2D eigenvalue weighted by Gasteiger charge is -2.11. The van der Waals surface area contributed by atoms with Gasteiger partial charge in [0.05, 0.1) is 19.1 Å². The lowest BCUT2D eigenvalue weighted by Crippen LogP contribution is -2.31. The molecule has 1 saturated heterocycles. The van der Waals surface area contributed by atoms with Crippen LogP contribution in [0.3, 0.4) is 0 Å². The molecule has 1 aromatic heterocycles. The van der Waals surface area contributed by atoms with E-state index in [1.165, 1.54) is 12.1 Å². The van der Waals surface area contributed by atoms with Crippen LogP contribution in [0.1, 0.15) is 11.8 Å². The van der Waals surface area contributed by atoms with Crippen molar-refractivity contribution in [1.29, 1.82) is 0 Å². The van der Waals surface area contributed by atoms with Gasteiger partial charge in [0.1, 0.15) is 5.82 Å². The summed E-state index contributed by atoms with van der Waals surface area (Å²) in [5, 5.41) is 7.06. The summed E-state index contributed by atoms with van der Waals surface area (Å²) < 4.78 is 23.8. The molecule has 0 bridgehead atoms. The number of hydrogen-bond acceptors (Lipinski definition) is 5. The fraction of sp³-hybridized carbons (Fsp3) is 0.385. The van der Waals surface area contributed by atoms with Crippen LogP contribution >= 0.6 is 0 Å². The third kappa shape index (κ3) is 2.36. The molecule has 1 N–H and O–H groups in total. The van der Waals surface area contributed by atoms with E-state index in [1.54, 1.807) is 12.1 Å². The first-order valence-corrected chi connectivity index (χ1v) is 6.12. The molecule has 19 heavy (non-hydrogen) atoms. The third-order valence-electron chi connectivity index (χ3n) is 3.29. The Bertz CT molecular complexity index is 573. The molecule has 2 aromatic rings. The molecule has 1 aliphatic heterocycles. The normalized spacial score (nSPS) is 22.8. The first-order chi connectivity index (χ1) is 9.28. The van der Waals surface area contributed by atoms with E-state index >= 15 is 0 Å². The van der Waals surface area contributed by atoms with Gasteiger partial charge in [-0.05, 0) is 19.2 Å². The Morgan fingerprint density at radius 2 is 2.26 bits per heavy atom. The third-order valence-corrected chi connectivity index (χ3v) is 3.29. The number of rotatable bonds is 3. The number of nitrogens with zero attached hydrogens (tertiary/aromatic N) is 2. The maximum absolute atomic E-state index is 13.2. The van der Waals surface area contributed by atoms with E-state index in [9.17, 15) is 4.39 Å². The molecule has 5 nitrogen and oxygen atoms in total. The Balaban J connectivity index is 1.87. The summed E-state index contributed by atoms with van der Waals surface area (Å²) in [5.74, 6) is 0.647. The van der Waals surface area contributed by atoms with Crippen molar-refractivity contribution in [3.63, 3.8) is 0 Å². The highest BCUT2D eigenvalue weighted by molar-refractivity contribution is 5.53. The van der Waals surface area contributed by atoms with Crippen molar-refractivity contribution in [1.82, 2.24) is 15.5 Å². The van der Waals surface area contributed by atoms with Crippen molar-refractivity contribution >= 4 is 0 Å². The van der Waals surface area contributed by atoms with Gasteiger partial charge in [0.25, 0.3) is 0 Å². The minimum Gasteiger partial charge on any atom is -0.379 e. The summed E-state index contributed by atoms with van der Waals surface area (Å²) in [4.78, 5) is 4.34. The van der Waals surface area contributed by atoms with E-state index < -0.39 is 0 Å². The van der Waals surface area contributed by atoms with E-state index in [-0.39, 0.29) is 17.8 Å². The molecular formula is C13H14FN3O2. The van der Waals surface area contributed by atoms with Crippen molar-refractivity contribution < 1.29 is 13.7 Å². The average Bonchev–Trinajstić information content (AvgIpc) is 3.07. The predicted molar refractivity (Wildman–Crippen MR) is 66.1 cm³/mol. The maximum atomic E-state index is 13.2. The molecule has 100 valence electrons. The number of aromatic nitrogens is 2. The number of halogens is 1. The van der Waals surface area contributed by atoms with Crippen molar-refractivity contribution in [3.8, 4) is 11.4 Å². The van der Waals surface area contributed by atoms with Crippen LogP contribution < -0.4 is 5.32 Å². The fourth-order valence-electron chi connectivity index (χ4n) is 2.21. The lowest BCUT2D eigenvalue weighted by atomic mass is 10.0. The molecule has 2 unspecified atom stereocenters. The molecule has 0 spiro atoms. The quantitative estimate of drug-likeness (QED) is 0.911. The highest BCUT2D eigenvalue weighted by atomic mass is 19.1. The zero-order valence-corrected chi connectivity index (χ0v) is 10.5. The zero-order valence-electron chi connectivity index (χ0n) is 10.5. The molecule has 0 aliphatic carbocycles. The van der Waals surface area contributed by atoms with Crippen LogP contribution in [-0.2, 0) is 4.74 Å². The van der Waals surface area contributed by atoms with E-state index in [4.69, 9.17) is 9.26 Å². The van der Waals surface area contributed by atoms with E-state index in [1.807, 2.05) is 7.05 Å². The summed E-state index contributed by atoms with van der Waals surface area (Å²) in [6.45, 7) is 1.18. The monoisotopic (exact) mass is 263 g/mol. The topological polar surface area (TPSA) is 60.2 Å². The van der Waals surface area contributed by atoms with Gasteiger partial charge in [-0.3, -0.25) is 0 Å². The maximum Gasteiger partial charge on any atom is 0.234 e. The van der Waals surface area contributed by atoms with Gasteiger partial charge in [0.15, 0.2) is 0 Å². The highest BCUT2D eigenvalue weighted by Gasteiger charge is 2.33. The van der Waals surface area contributed by atoms with E-state index in [0.717, 1.165) is 0 Å². The number of likely N-dealkylation sites (N-methyl/N-ethyl adjacent to an activating group) is 1. The van der Waals surface area contributed by atoms with Gasteiger partial charge in [0.2, 0.25) is 11.7 Å². The Labute approximate surface area is 109 Å². The van der Waals surface area contributed by atoms with Crippen LogP contribution in [0.15, 0.2) is 28.8 Å². The molecule has 6 heteroatoms. The van der Waals surface area contributed by atoms with Gasteiger partial charge in [-0.1, -0.05) is 17.3 Å². The summed E-state index contributed by atoms with van der Waals surface area (Å²) in [5.41, 5.74) is 0.606. The molecule has 0 amide bonds. The van der Waals surface area contributed by atoms with Crippen LogP contribution in [0.4, 0.5) is 4.39 Å². The van der Waals surface area contributed by atoms with Gasteiger partial charge >= 0.3 is 0 Å². The molecular weight excluding hydrogens is 249 g/mol. The highest BCUT2D eigenvalue weighted by Crippen LogP contribution is 2.26. The van der Waals surface area contributed by atoms with Crippen LogP contribution in [0, 0.1) is 5.82 Å². The molecule has 2 heterocycles. The molecule has 1 aromatic carbocycles. The standard InChI is InChI=1S/C13H14FN3O2/c1-15-11-7-18-6-10(11)13-16-12(17-19-13)8-3-2-4-9(14)5-8/h2-5,10-11,15H,6-7H2,1H3. The van der Waals surface area contributed by atoms with Gasteiger partial charge in [-0.15, -0.1) is 0 Å². The molecule has 1 aliphatic rings.